The predicted molar refractivity (Wildman–Crippen MR) is 78.4 cm³/mol. The van der Waals surface area contributed by atoms with Crippen molar-refractivity contribution in [3.8, 4) is 0 Å². The third-order valence-corrected chi connectivity index (χ3v) is 3.80. The molecule has 0 atom stereocenters. The molecule has 0 bridgehead atoms. The van der Waals surface area contributed by atoms with Crippen molar-refractivity contribution in [3.05, 3.63) is 41.1 Å². The summed E-state index contributed by atoms with van der Waals surface area (Å²) in [4.78, 5) is 10.1. The maximum Gasteiger partial charge on any atom is 0.207 e. The summed E-state index contributed by atoms with van der Waals surface area (Å²) in [7, 11) is -2.13. The van der Waals surface area contributed by atoms with Gasteiger partial charge in [0, 0.05) is 0 Å². The Morgan fingerprint density at radius 3 is 2.29 bits per heavy atom. The van der Waals surface area contributed by atoms with Gasteiger partial charge in [-0.2, -0.15) is 0 Å². The second-order valence-corrected chi connectivity index (χ2v) is 8.89. The van der Waals surface area contributed by atoms with Gasteiger partial charge in [0.05, 0.1) is 0 Å². The third-order valence-electron chi connectivity index (χ3n) is 2.75. The summed E-state index contributed by atoms with van der Waals surface area (Å²) in [6.45, 7) is 8.23. The fourth-order valence-corrected chi connectivity index (χ4v) is 3.02. The molecule has 17 heavy (non-hydrogen) atoms. The summed E-state index contributed by atoms with van der Waals surface area (Å²) in [5.41, 5.74) is 5.97. The lowest BCUT2D eigenvalue weighted by atomic mass is 10.0. The van der Waals surface area contributed by atoms with Crippen LogP contribution in [-0.2, 0) is 0 Å². The summed E-state index contributed by atoms with van der Waals surface area (Å²) >= 11 is 0. The largest absolute Gasteiger partial charge is 0.428 e. The monoisotopic (exact) mass is 248 g/mol. The van der Waals surface area contributed by atoms with Crippen LogP contribution in [0.5, 0.6) is 0 Å². The van der Waals surface area contributed by atoms with Gasteiger partial charge in [0.25, 0.3) is 0 Å². The molecule has 0 unspecified atom stereocenters. The van der Waals surface area contributed by atoms with E-state index in [1.807, 2.05) is 13.1 Å². The van der Waals surface area contributed by atoms with Crippen LogP contribution in [0.25, 0.3) is 5.57 Å². The molecule has 0 radical (unpaired) electrons. The average Bonchev–Trinajstić information content (AvgIpc) is 2.24. The van der Waals surface area contributed by atoms with Crippen molar-refractivity contribution >= 4 is 13.9 Å². The highest BCUT2D eigenvalue weighted by Gasteiger charge is 2.15. The SMILES string of the molecule is CCCC/C(=C/[Si](C)(C)O)c1ccc(C)cc1. The van der Waals surface area contributed by atoms with Gasteiger partial charge in [0.15, 0.2) is 0 Å². The molecule has 0 aromatic heterocycles. The molecule has 1 aromatic carbocycles. The van der Waals surface area contributed by atoms with Crippen LogP contribution in [0.1, 0.15) is 37.3 Å². The van der Waals surface area contributed by atoms with Gasteiger partial charge < -0.3 is 4.80 Å². The van der Waals surface area contributed by atoms with Crippen LogP contribution in [0.15, 0.2) is 30.0 Å². The number of rotatable bonds is 5. The molecule has 2 heteroatoms. The topological polar surface area (TPSA) is 20.2 Å². The molecule has 1 rings (SSSR count). The highest BCUT2D eigenvalue weighted by Crippen LogP contribution is 2.23. The number of allylic oxidation sites excluding steroid dienone is 1. The lowest BCUT2D eigenvalue weighted by molar-refractivity contribution is 0.567. The number of benzene rings is 1. The molecule has 0 spiro atoms. The number of hydrogen-bond donors (Lipinski definition) is 1. The Morgan fingerprint density at radius 2 is 1.82 bits per heavy atom. The maximum absolute atomic E-state index is 10.1. The Kier molecular flexibility index (Phi) is 5.16. The molecule has 1 N–H and O–H groups in total. The summed E-state index contributed by atoms with van der Waals surface area (Å²) in [6.07, 6.45) is 3.44. The molecular formula is C15H24OSi. The smallest absolute Gasteiger partial charge is 0.207 e. The molecule has 1 aromatic rings. The van der Waals surface area contributed by atoms with Crippen molar-refractivity contribution in [2.24, 2.45) is 0 Å². The van der Waals surface area contributed by atoms with Crippen LogP contribution in [-0.4, -0.2) is 13.1 Å². The second-order valence-electron chi connectivity index (χ2n) is 5.29. The highest BCUT2D eigenvalue weighted by molar-refractivity contribution is 6.75. The van der Waals surface area contributed by atoms with E-state index in [0.717, 1.165) is 6.42 Å². The van der Waals surface area contributed by atoms with E-state index in [2.05, 4.69) is 43.8 Å². The van der Waals surface area contributed by atoms with Crippen molar-refractivity contribution in [3.63, 3.8) is 0 Å². The van der Waals surface area contributed by atoms with Crippen LogP contribution in [0.4, 0.5) is 0 Å². The van der Waals surface area contributed by atoms with Crippen LogP contribution in [0.3, 0.4) is 0 Å². The van der Waals surface area contributed by atoms with E-state index in [-0.39, 0.29) is 0 Å². The Labute approximate surface area is 106 Å². The van der Waals surface area contributed by atoms with Crippen LogP contribution < -0.4 is 0 Å². The molecule has 0 saturated heterocycles. The minimum atomic E-state index is -2.13. The van der Waals surface area contributed by atoms with E-state index >= 15 is 0 Å². The van der Waals surface area contributed by atoms with Crippen molar-refractivity contribution in [2.45, 2.75) is 46.2 Å². The summed E-state index contributed by atoms with van der Waals surface area (Å²) in [6, 6.07) is 8.61. The molecule has 1 nitrogen and oxygen atoms in total. The zero-order valence-corrected chi connectivity index (χ0v) is 12.5. The minimum absolute atomic E-state index is 1.07. The molecule has 94 valence electrons. The molecule has 0 saturated carbocycles. The molecule has 0 fully saturated rings. The van der Waals surface area contributed by atoms with Gasteiger partial charge in [0.1, 0.15) is 0 Å². The minimum Gasteiger partial charge on any atom is -0.428 e. The zero-order chi connectivity index (χ0) is 12.9. The van der Waals surface area contributed by atoms with Crippen LogP contribution >= 0.6 is 0 Å². The van der Waals surface area contributed by atoms with E-state index in [4.69, 9.17) is 0 Å². The first-order valence-corrected chi connectivity index (χ1v) is 9.46. The van der Waals surface area contributed by atoms with Gasteiger partial charge in [-0.3, -0.25) is 0 Å². The molecule has 0 aliphatic heterocycles. The predicted octanol–water partition coefficient (Wildman–Crippen LogP) is 4.31. The van der Waals surface area contributed by atoms with Crippen molar-refractivity contribution in [1.82, 2.24) is 0 Å². The van der Waals surface area contributed by atoms with E-state index in [9.17, 15) is 4.80 Å². The first-order chi connectivity index (χ1) is 7.92. The molecule has 0 aliphatic carbocycles. The van der Waals surface area contributed by atoms with Gasteiger partial charge >= 0.3 is 0 Å². The van der Waals surface area contributed by atoms with Gasteiger partial charge in [-0.1, -0.05) is 48.9 Å². The van der Waals surface area contributed by atoms with Gasteiger partial charge in [0.2, 0.25) is 8.32 Å². The fourth-order valence-electron chi connectivity index (χ4n) is 1.86. The van der Waals surface area contributed by atoms with Gasteiger partial charge in [-0.05, 0) is 44.0 Å². The zero-order valence-electron chi connectivity index (χ0n) is 11.5. The Bertz CT molecular complexity index is 371. The van der Waals surface area contributed by atoms with Crippen molar-refractivity contribution in [2.75, 3.05) is 0 Å². The quantitative estimate of drug-likeness (QED) is 0.770. The summed E-state index contributed by atoms with van der Waals surface area (Å²) < 4.78 is 0. The number of aryl methyl sites for hydroxylation is 1. The van der Waals surface area contributed by atoms with E-state index in [1.54, 1.807) is 0 Å². The van der Waals surface area contributed by atoms with Gasteiger partial charge in [-0.25, -0.2) is 0 Å². The van der Waals surface area contributed by atoms with E-state index < -0.39 is 8.32 Å². The lowest BCUT2D eigenvalue weighted by Gasteiger charge is -2.14. The number of unbranched alkanes of at least 4 members (excludes halogenated alkanes) is 1. The number of hydrogen-bond acceptors (Lipinski definition) is 1. The second kappa shape index (κ2) is 6.17. The van der Waals surface area contributed by atoms with Crippen molar-refractivity contribution < 1.29 is 4.80 Å². The molecular weight excluding hydrogens is 224 g/mol. The van der Waals surface area contributed by atoms with Crippen LogP contribution in [0, 0.1) is 6.92 Å². The molecule has 0 heterocycles. The molecule has 0 amide bonds. The van der Waals surface area contributed by atoms with E-state index in [0.29, 0.717) is 0 Å². The summed E-state index contributed by atoms with van der Waals surface area (Å²) in [5, 5.41) is 0. The third kappa shape index (κ3) is 5.33. The Hall–Kier alpha value is -0.863. The Balaban J connectivity index is 2.97. The van der Waals surface area contributed by atoms with E-state index in [1.165, 1.54) is 29.5 Å². The normalized spacial score (nSPS) is 12.9. The highest BCUT2D eigenvalue weighted by atomic mass is 28.4. The lowest BCUT2D eigenvalue weighted by Crippen LogP contribution is -2.22. The summed E-state index contributed by atoms with van der Waals surface area (Å²) in [5.74, 6) is 0. The maximum atomic E-state index is 10.1. The fraction of sp³-hybridized carbons (Fsp3) is 0.467. The first kappa shape index (κ1) is 14.2. The first-order valence-electron chi connectivity index (χ1n) is 6.43. The molecule has 0 aliphatic rings. The van der Waals surface area contributed by atoms with Gasteiger partial charge in [-0.15, -0.1) is 0 Å². The average molecular weight is 248 g/mol. The standard InChI is InChI=1S/C15H24OSi/c1-5-6-7-15(12-17(3,4)16)14-10-8-13(2)9-11-14/h8-12,16H,5-7H2,1-4H3/b15-12-. The van der Waals surface area contributed by atoms with Crippen LogP contribution in [0.2, 0.25) is 13.1 Å². The Morgan fingerprint density at radius 1 is 1.24 bits per heavy atom. The van der Waals surface area contributed by atoms with Crippen molar-refractivity contribution in [1.29, 1.82) is 0 Å².